The molecule has 0 atom stereocenters. The molecule has 0 radical (unpaired) electrons. The van der Waals surface area contributed by atoms with Crippen LogP contribution in [0.4, 0.5) is 5.13 Å². The molecule has 1 heterocycles. The van der Waals surface area contributed by atoms with Crippen LogP contribution in [0, 0.1) is 0 Å². The van der Waals surface area contributed by atoms with Crippen molar-refractivity contribution in [1.29, 1.82) is 0 Å². The van der Waals surface area contributed by atoms with E-state index in [9.17, 15) is 4.79 Å². The SMILES string of the molecule is CCCCCc1nnc(NC(=O)CCOc2ccccc2)s1. The van der Waals surface area contributed by atoms with Gasteiger partial charge < -0.3 is 10.1 Å². The molecule has 1 aromatic carbocycles. The van der Waals surface area contributed by atoms with Gasteiger partial charge in [0.1, 0.15) is 10.8 Å². The molecule has 0 unspecified atom stereocenters. The van der Waals surface area contributed by atoms with E-state index in [0.29, 0.717) is 18.2 Å². The van der Waals surface area contributed by atoms with Gasteiger partial charge >= 0.3 is 0 Å². The number of hydrogen-bond acceptors (Lipinski definition) is 5. The number of carbonyl (C=O) groups excluding carboxylic acids is 1. The minimum absolute atomic E-state index is 0.104. The van der Waals surface area contributed by atoms with Crippen LogP contribution >= 0.6 is 11.3 Å². The first-order valence-electron chi connectivity index (χ1n) is 7.58. The van der Waals surface area contributed by atoms with E-state index in [1.807, 2.05) is 30.3 Å². The number of anilines is 1. The summed E-state index contributed by atoms with van der Waals surface area (Å²) in [5.74, 6) is 0.664. The van der Waals surface area contributed by atoms with Crippen LogP contribution < -0.4 is 10.1 Å². The highest BCUT2D eigenvalue weighted by molar-refractivity contribution is 7.15. The Morgan fingerprint density at radius 3 is 2.82 bits per heavy atom. The maximum Gasteiger partial charge on any atom is 0.229 e. The van der Waals surface area contributed by atoms with Crippen molar-refractivity contribution in [2.24, 2.45) is 0 Å². The van der Waals surface area contributed by atoms with Crippen LogP contribution in [-0.2, 0) is 11.2 Å². The van der Waals surface area contributed by atoms with Gasteiger partial charge in [0.2, 0.25) is 11.0 Å². The number of nitrogens with zero attached hydrogens (tertiary/aromatic N) is 2. The highest BCUT2D eigenvalue weighted by atomic mass is 32.1. The molecule has 1 amide bonds. The number of aryl methyl sites for hydroxylation is 1. The van der Waals surface area contributed by atoms with Gasteiger partial charge in [-0.25, -0.2) is 0 Å². The van der Waals surface area contributed by atoms with Crippen LogP contribution in [0.2, 0.25) is 0 Å². The number of aromatic nitrogens is 2. The molecular weight excluding hydrogens is 298 g/mol. The fourth-order valence-corrected chi connectivity index (χ4v) is 2.69. The molecule has 0 bridgehead atoms. The number of para-hydroxylation sites is 1. The Kier molecular flexibility index (Phi) is 6.83. The number of ether oxygens (including phenoxy) is 1. The Labute approximate surface area is 134 Å². The van der Waals surface area contributed by atoms with Gasteiger partial charge in [-0.2, -0.15) is 0 Å². The highest BCUT2D eigenvalue weighted by Crippen LogP contribution is 2.17. The molecule has 0 aliphatic rings. The van der Waals surface area contributed by atoms with Crippen LogP contribution in [0.5, 0.6) is 5.75 Å². The van der Waals surface area contributed by atoms with Gasteiger partial charge in [0.15, 0.2) is 0 Å². The van der Waals surface area contributed by atoms with Crippen molar-refractivity contribution in [3.05, 3.63) is 35.3 Å². The minimum atomic E-state index is -0.104. The van der Waals surface area contributed by atoms with Crippen molar-refractivity contribution in [1.82, 2.24) is 10.2 Å². The Morgan fingerprint density at radius 2 is 2.05 bits per heavy atom. The monoisotopic (exact) mass is 319 g/mol. The fraction of sp³-hybridized carbons (Fsp3) is 0.438. The molecule has 1 N–H and O–H groups in total. The van der Waals surface area contributed by atoms with Crippen molar-refractivity contribution < 1.29 is 9.53 Å². The number of amides is 1. The van der Waals surface area contributed by atoms with E-state index in [0.717, 1.165) is 23.6 Å². The van der Waals surface area contributed by atoms with Gasteiger partial charge in [-0.15, -0.1) is 10.2 Å². The number of carbonyl (C=O) groups is 1. The molecule has 0 saturated heterocycles. The first-order valence-corrected chi connectivity index (χ1v) is 8.39. The third-order valence-corrected chi connectivity index (χ3v) is 3.95. The number of nitrogens with one attached hydrogen (secondary N) is 1. The first-order chi connectivity index (χ1) is 10.8. The summed E-state index contributed by atoms with van der Waals surface area (Å²) in [5.41, 5.74) is 0. The lowest BCUT2D eigenvalue weighted by atomic mass is 10.2. The van der Waals surface area contributed by atoms with Crippen molar-refractivity contribution in [3.63, 3.8) is 0 Å². The maximum absolute atomic E-state index is 11.8. The molecule has 0 spiro atoms. The predicted octanol–water partition coefficient (Wildman–Crippen LogP) is 3.68. The molecule has 22 heavy (non-hydrogen) atoms. The first kappa shape index (κ1) is 16.4. The van der Waals surface area contributed by atoms with E-state index < -0.39 is 0 Å². The van der Waals surface area contributed by atoms with E-state index in [1.165, 1.54) is 24.2 Å². The second kappa shape index (κ2) is 9.15. The summed E-state index contributed by atoms with van der Waals surface area (Å²) in [6.45, 7) is 2.52. The molecule has 118 valence electrons. The van der Waals surface area contributed by atoms with Gasteiger partial charge in [-0.05, 0) is 18.6 Å². The van der Waals surface area contributed by atoms with Gasteiger partial charge in [0, 0.05) is 6.42 Å². The summed E-state index contributed by atoms with van der Waals surface area (Å²) in [4.78, 5) is 11.8. The lowest BCUT2D eigenvalue weighted by molar-refractivity contribution is -0.116. The zero-order valence-electron chi connectivity index (χ0n) is 12.7. The average molecular weight is 319 g/mol. The lowest BCUT2D eigenvalue weighted by Crippen LogP contribution is -2.15. The molecular formula is C16H21N3O2S. The second-order valence-corrected chi connectivity index (χ2v) is 5.98. The second-order valence-electron chi connectivity index (χ2n) is 4.92. The molecule has 6 heteroatoms. The maximum atomic E-state index is 11.8. The lowest BCUT2D eigenvalue weighted by Gasteiger charge is -2.05. The number of benzene rings is 1. The third kappa shape index (κ3) is 5.81. The Balaban J connectivity index is 1.68. The number of rotatable bonds is 9. The molecule has 5 nitrogen and oxygen atoms in total. The summed E-state index contributed by atoms with van der Waals surface area (Å²) in [6.07, 6.45) is 4.71. The van der Waals surface area contributed by atoms with Crippen LogP contribution in [0.15, 0.2) is 30.3 Å². The topological polar surface area (TPSA) is 64.1 Å². The summed E-state index contributed by atoms with van der Waals surface area (Å²) in [7, 11) is 0. The molecule has 1 aromatic heterocycles. The van der Waals surface area contributed by atoms with Gasteiger partial charge in [-0.1, -0.05) is 49.3 Å². The molecule has 0 fully saturated rings. The van der Waals surface area contributed by atoms with Crippen LogP contribution in [0.3, 0.4) is 0 Å². The van der Waals surface area contributed by atoms with E-state index >= 15 is 0 Å². The smallest absolute Gasteiger partial charge is 0.229 e. The standard InChI is InChI=1S/C16H21N3O2S/c1-2-3-5-10-15-18-19-16(22-15)17-14(20)11-12-21-13-8-6-4-7-9-13/h4,6-9H,2-3,5,10-12H2,1H3,(H,17,19,20). The quantitative estimate of drug-likeness (QED) is 0.716. The molecule has 2 aromatic rings. The fourth-order valence-electron chi connectivity index (χ4n) is 1.89. The minimum Gasteiger partial charge on any atom is -0.493 e. The van der Waals surface area contributed by atoms with E-state index in [-0.39, 0.29) is 5.91 Å². The Morgan fingerprint density at radius 1 is 1.23 bits per heavy atom. The molecule has 0 aliphatic heterocycles. The normalized spacial score (nSPS) is 10.4. The van der Waals surface area contributed by atoms with E-state index in [1.54, 1.807) is 0 Å². The number of hydrogen-bond donors (Lipinski definition) is 1. The summed E-state index contributed by atoms with van der Waals surface area (Å²) >= 11 is 1.45. The van der Waals surface area contributed by atoms with E-state index in [2.05, 4.69) is 22.4 Å². The van der Waals surface area contributed by atoms with Crippen molar-refractivity contribution in [2.45, 2.75) is 39.0 Å². The van der Waals surface area contributed by atoms with Crippen LogP contribution in [0.1, 0.15) is 37.6 Å². The molecule has 0 aliphatic carbocycles. The zero-order valence-corrected chi connectivity index (χ0v) is 13.6. The van der Waals surface area contributed by atoms with Crippen molar-refractivity contribution in [3.8, 4) is 5.75 Å². The average Bonchev–Trinajstić information content (AvgIpc) is 2.96. The summed E-state index contributed by atoms with van der Waals surface area (Å²) < 4.78 is 5.49. The van der Waals surface area contributed by atoms with Gasteiger partial charge in [0.25, 0.3) is 0 Å². The largest absolute Gasteiger partial charge is 0.493 e. The highest BCUT2D eigenvalue weighted by Gasteiger charge is 2.08. The van der Waals surface area contributed by atoms with Crippen molar-refractivity contribution in [2.75, 3.05) is 11.9 Å². The Hall–Kier alpha value is -1.95. The third-order valence-electron chi connectivity index (χ3n) is 3.05. The predicted molar refractivity (Wildman–Crippen MR) is 88.3 cm³/mol. The summed E-state index contributed by atoms with van der Waals surface area (Å²) in [6, 6.07) is 9.46. The molecule has 2 rings (SSSR count). The van der Waals surface area contributed by atoms with E-state index in [4.69, 9.17) is 4.74 Å². The van der Waals surface area contributed by atoms with Gasteiger partial charge in [0.05, 0.1) is 13.0 Å². The zero-order chi connectivity index (χ0) is 15.6. The van der Waals surface area contributed by atoms with Crippen LogP contribution in [0.25, 0.3) is 0 Å². The molecule has 0 saturated carbocycles. The summed E-state index contributed by atoms with van der Waals surface area (Å²) in [5, 5.41) is 12.4. The number of unbranched alkanes of at least 4 members (excludes halogenated alkanes) is 2. The van der Waals surface area contributed by atoms with Crippen LogP contribution in [-0.4, -0.2) is 22.7 Å². The van der Waals surface area contributed by atoms with Crippen molar-refractivity contribution >= 4 is 22.4 Å². The Bertz CT molecular complexity index is 572. The van der Waals surface area contributed by atoms with Gasteiger partial charge in [-0.3, -0.25) is 4.79 Å².